The van der Waals surface area contributed by atoms with Gasteiger partial charge in [0.25, 0.3) is 0 Å². The minimum absolute atomic E-state index is 0.306. The summed E-state index contributed by atoms with van der Waals surface area (Å²) in [6, 6.07) is 4.43. The molecular formula is C20H26FN5O. The van der Waals surface area contributed by atoms with Gasteiger partial charge < -0.3 is 9.32 Å². The third kappa shape index (κ3) is 4.24. The summed E-state index contributed by atoms with van der Waals surface area (Å²) >= 11 is 0. The largest absolute Gasteiger partial charge is 0.439 e. The van der Waals surface area contributed by atoms with Crippen LogP contribution in [0.3, 0.4) is 0 Å². The molecule has 0 N–H and O–H groups in total. The van der Waals surface area contributed by atoms with Gasteiger partial charge in [-0.25, -0.2) is 19.3 Å². The standard InChI is InChI=1S/C18H20FN5O.C2H6/c1-12-13(2)20-11-21-18(12)24-7-5-23(6-8-24)10-17-22-15-4-3-14(19)9-16(15)25-17;1-2/h3-4,9,11H,5-8,10H2,1-2H3;1-2H3. The maximum absolute atomic E-state index is 13.3. The molecule has 2 aromatic heterocycles. The fourth-order valence-electron chi connectivity index (χ4n) is 3.17. The van der Waals surface area contributed by atoms with E-state index < -0.39 is 0 Å². The Morgan fingerprint density at radius 3 is 2.56 bits per heavy atom. The lowest BCUT2D eigenvalue weighted by molar-refractivity contribution is 0.228. The van der Waals surface area contributed by atoms with E-state index in [9.17, 15) is 4.39 Å². The maximum Gasteiger partial charge on any atom is 0.209 e. The summed E-state index contributed by atoms with van der Waals surface area (Å²) in [5.74, 6) is 1.34. The predicted molar refractivity (Wildman–Crippen MR) is 104 cm³/mol. The molecule has 3 heterocycles. The van der Waals surface area contributed by atoms with Crippen molar-refractivity contribution in [2.75, 3.05) is 31.1 Å². The number of hydrogen-bond donors (Lipinski definition) is 0. The van der Waals surface area contributed by atoms with E-state index in [2.05, 4.69) is 31.7 Å². The molecule has 0 radical (unpaired) electrons. The van der Waals surface area contributed by atoms with Crippen molar-refractivity contribution in [3.63, 3.8) is 0 Å². The Labute approximate surface area is 159 Å². The summed E-state index contributed by atoms with van der Waals surface area (Å²) in [5, 5.41) is 0. The van der Waals surface area contributed by atoms with Crippen LogP contribution in [-0.4, -0.2) is 46.0 Å². The number of anilines is 1. The zero-order valence-electron chi connectivity index (χ0n) is 16.4. The Balaban J connectivity index is 0.00000102. The number of aryl methyl sites for hydroxylation is 1. The SMILES string of the molecule is CC.Cc1ncnc(N2CCN(Cc3nc4ccc(F)cc4o3)CC2)c1C. The highest BCUT2D eigenvalue weighted by Crippen LogP contribution is 2.21. The van der Waals surface area contributed by atoms with E-state index in [4.69, 9.17) is 4.42 Å². The molecule has 0 spiro atoms. The molecule has 1 saturated heterocycles. The monoisotopic (exact) mass is 371 g/mol. The lowest BCUT2D eigenvalue weighted by atomic mass is 10.2. The van der Waals surface area contributed by atoms with Gasteiger partial charge >= 0.3 is 0 Å². The Morgan fingerprint density at radius 2 is 1.81 bits per heavy atom. The molecule has 0 unspecified atom stereocenters. The quantitative estimate of drug-likeness (QED) is 0.699. The maximum atomic E-state index is 13.3. The molecule has 1 aliphatic heterocycles. The van der Waals surface area contributed by atoms with E-state index >= 15 is 0 Å². The summed E-state index contributed by atoms with van der Waals surface area (Å²) in [5.41, 5.74) is 3.35. The Bertz CT molecular complexity index is 903. The van der Waals surface area contributed by atoms with Crippen molar-refractivity contribution in [3.8, 4) is 0 Å². The molecule has 0 amide bonds. The first kappa shape index (κ1) is 19.2. The summed E-state index contributed by atoms with van der Waals surface area (Å²) in [6.07, 6.45) is 1.63. The minimum Gasteiger partial charge on any atom is -0.439 e. The van der Waals surface area contributed by atoms with Crippen molar-refractivity contribution < 1.29 is 8.81 Å². The van der Waals surface area contributed by atoms with Crippen LogP contribution < -0.4 is 4.90 Å². The topological polar surface area (TPSA) is 58.3 Å². The van der Waals surface area contributed by atoms with Crippen molar-refractivity contribution in [3.05, 3.63) is 47.5 Å². The van der Waals surface area contributed by atoms with E-state index in [0.717, 1.165) is 43.3 Å². The molecule has 0 atom stereocenters. The van der Waals surface area contributed by atoms with Crippen LogP contribution in [0.4, 0.5) is 10.2 Å². The van der Waals surface area contributed by atoms with Gasteiger partial charge in [-0.05, 0) is 26.0 Å². The van der Waals surface area contributed by atoms with Crippen molar-refractivity contribution >= 4 is 16.9 Å². The first-order chi connectivity index (χ1) is 13.1. The average molecular weight is 371 g/mol. The third-order valence-electron chi connectivity index (χ3n) is 4.73. The van der Waals surface area contributed by atoms with Crippen LogP contribution in [0, 0.1) is 19.7 Å². The number of halogens is 1. The molecule has 27 heavy (non-hydrogen) atoms. The van der Waals surface area contributed by atoms with E-state index in [1.807, 2.05) is 20.8 Å². The molecule has 0 saturated carbocycles. The fourth-order valence-corrected chi connectivity index (χ4v) is 3.17. The summed E-state index contributed by atoms with van der Waals surface area (Å²) in [7, 11) is 0. The van der Waals surface area contributed by atoms with Crippen LogP contribution >= 0.6 is 0 Å². The van der Waals surface area contributed by atoms with Gasteiger partial charge in [-0.2, -0.15) is 0 Å². The number of hydrogen-bond acceptors (Lipinski definition) is 6. The Kier molecular flexibility index (Phi) is 6.01. The lowest BCUT2D eigenvalue weighted by Gasteiger charge is -2.35. The Morgan fingerprint density at radius 1 is 1.07 bits per heavy atom. The second-order valence-electron chi connectivity index (χ2n) is 6.39. The molecule has 1 aliphatic rings. The highest BCUT2D eigenvalue weighted by molar-refractivity contribution is 5.72. The number of piperazine rings is 1. The molecule has 7 heteroatoms. The van der Waals surface area contributed by atoms with Gasteiger partial charge in [0.05, 0.1) is 6.54 Å². The summed E-state index contributed by atoms with van der Waals surface area (Å²) in [6.45, 7) is 12.3. The molecule has 4 rings (SSSR count). The van der Waals surface area contributed by atoms with Crippen LogP contribution in [0.2, 0.25) is 0 Å². The molecule has 0 aliphatic carbocycles. The van der Waals surface area contributed by atoms with Gasteiger partial charge in [0.1, 0.15) is 23.5 Å². The second-order valence-corrected chi connectivity index (χ2v) is 6.39. The summed E-state index contributed by atoms with van der Waals surface area (Å²) < 4.78 is 18.9. The van der Waals surface area contributed by atoms with Crippen molar-refractivity contribution in [2.24, 2.45) is 0 Å². The van der Waals surface area contributed by atoms with Crippen LogP contribution in [-0.2, 0) is 6.54 Å². The molecule has 1 fully saturated rings. The van der Waals surface area contributed by atoms with Gasteiger partial charge in [-0.1, -0.05) is 13.8 Å². The fraction of sp³-hybridized carbons (Fsp3) is 0.450. The number of aromatic nitrogens is 3. The normalized spacial score (nSPS) is 14.9. The van der Waals surface area contributed by atoms with Crippen LogP contribution in [0.5, 0.6) is 0 Å². The first-order valence-electron chi connectivity index (χ1n) is 9.40. The van der Waals surface area contributed by atoms with Crippen molar-refractivity contribution in [1.29, 1.82) is 0 Å². The van der Waals surface area contributed by atoms with Gasteiger partial charge in [-0.3, -0.25) is 4.90 Å². The molecule has 0 bridgehead atoms. The smallest absolute Gasteiger partial charge is 0.209 e. The van der Waals surface area contributed by atoms with E-state index in [-0.39, 0.29) is 5.82 Å². The van der Waals surface area contributed by atoms with Gasteiger partial charge in [-0.15, -0.1) is 0 Å². The average Bonchev–Trinajstić information content (AvgIpc) is 3.08. The zero-order valence-corrected chi connectivity index (χ0v) is 16.4. The zero-order chi connectivity index (χ0) is 19.4. The lowest BCUT2D eigenvalue weighted by Crippen LogP contribution is -2.46. The third-order valence-corrected chi connectivity index (χ3v) is 4.73. The minimum atomic E-state index is -0.306. The second kappa shape index (κ2) is 8.43. The number of rotatable bonds is 3. The predicted octanol–water partition coefficient (Wildman–Crippen LogP) is 3.72. The molecular weight excluding hydrogens is 345 g/mol. The van der Waals surface area contributed by atoms with Crippen LogP contribution in [0.1, 0.15) is 31.0 Å². The van der Waals surface area contributed by atoms with Crippen molar-refractivity contribution in [2.45, 2.75) is 34.2 Å². The highest BCUT2D eigenvalue weighted by atomic mass is 19.1. The number of fused-ring (bicyclic) bond motifs is 1. The van der Waals surface area contributed by atoms with E-state index in [1.165, 1.54) is 12.1 Å². The first-order valence-corrected chi connectivity index (χ1v) is 9.40. The molecule has 1 aromatic carbocycles. The van der Waals surface area contributed by atoms with E-state index in [0.29, 0.717) is 23.5 Å². The summed E-state index contributed by atoms with van der Waals surface area (Å²) in [4.78, 5) is 17.7. The van der Waals surface area contributed by atoms with Gasteiger partial charge in [0.2, 0.25) is 5.89 Å². The van der Waals surface area contributed by atoms with Crippen molar-refractivity contribution in [1.82, 2.24) is 19.9 Å². The number of nitrogens with zero attached hydrogens (tertiary/aromatic N) is 5. The number of benzene rings is 1. The van der Waals surface area contributed by atoms with Gasteiger partial charge in [0, 0.05) is 43.5 Å². The van der Waals surface area contributed by atoms with E-state index in [1.54, 1.807) is 12.4 Å². The number of oxazole rings is 1. The van der Waals surface area contributed by atoms with Gasteiger partial charge in [0.15, 0.2) is 5.58 Å². The highest BCUT2D eigenvalue weighted by Gasteiger charge is 2.21. The molecule has 6 nitrogen and oxygen atoms in total. The van der Waals surface area contributed by atoms with Crippen LogP contribution in [0.25, 0.3) is 11.1 Å². The molecule has 3 aromatic rings. The van der Waals surface area contributed by atoms with Crippen LogP contribution in [0.15, 0.2) is 28.9 Å². The Hall–Kier alpha value is -2.54. The molecule has 144 valence electrons.